The lowest BCUT2D eigenvalue weighted by atomic mass is 10.2. The van der Waals surface area contributed by atoms with Crippen LogP contribution in [0.2, 0.25) is 0 Å². The van der Waals surface area contributed by atoms with Crippen molar-refractivity contribution in [1.82, 2.24) is 0 Å². The second-order valence-electron chi connectivity index (χ2n) is 6.41. The van der Waals surface area contributed by atoms with Crippen molar-refractivity contribution in [2.24, 2.45) is 4.99 Å². The summed E-state index contributed by atoms with van der Waals surface area (Å²) >= 11 is 4.79. The van der Waals surface area contributed by atoms with Crippen molar-refractivity contribution in [3.05, 3.63) is 16.6 Å². The molecule has 0 unspecified atom stereocenters. The van der Waals surface area contributed by atoms with E-state index in [-0.39, 0.29) is 29.2 Å². The first-order chi connectivity index (χ1) is 13.8. The summed E-state index contributed by atoms with van der Waals surface area (Å²) in [5.41, 5.74) is 0.637. The van der Waals surface area contributed by atoms with Gasteiger partial charge in [-0.3, -0.25) is 4.79 Å². The number of amides is 1. The molecule has 29 heavy (non-hydrogen) atoms. The maximum atomic E-state index is 12.2. The van der Waals surface area contributed by atoms with Gasteiger partial charge in [0.05, 0.1) is 42.5 Å². The molecule has 0 aromatic heterocycles. The van der Waals surface area contributed by atoms with Crippen LogP contribution in [0.3, 0.4) is 0 Å². The van der Waals surface area contributed by atoms with Crippen molar-refractivity contribution in [3.8, 4) is 17.6 Å². The number of nitrogens with zero attached hydrogens (tertiary/aromatic N) is 3. The van der Waals surface area contributed by atoms with Gasteiger partial charge in [-0.25, -0.2) is 8.42 Å². The number of amidine groups is 1. The first-order valence-electron chi connectivity index (χ1n) is 9.03. The Morgan fingerprint density at radius 2 is 1.97 bits per heavy atom. The minimum atomic E-state index is -3.18. The number of hydrogen-bond acceptors (Lipinski definition) is 7. The highest BCUT2D eigenvalue weighted by molar-refractivity contribution is 9.10. The summed E-state index contributed by atoms with van der Waals surface area (Å²) in [6, 6.07) is 4.96. The van der Waals surface area contributed by atoms with E-state index in [1.807, 2.05) is 13.8 Å². The van der Waals surface area contributed by atoms with Crippen molar-refractivity contribution in [1.29, 1.82) is 5.26 Å². The van der Waals surface area contributed by atoms with Crippen molar-refractivity contribution in [2.45, 2.75) is 31.6 Å². The molecule has 2 atom stereocenters. The molecule has 1 amide bonds. The molecule has 2 aliphatic heterocycles. The number of halogens is 1. The van der Waals surface area contributed by atoms with Crippen LogP contribution in [0.1, 0.15) is 20.3 Å². The molecular formula is C18H20BrN3O5S2. The second-order valence-corrected chi connectivity index (χ2v) is 10.6. The summed E-state index contributed by atoms with van der Waals surface area (Å²) in [7, 11) is -3.18. The van der Waals surface area contributed by atoms with Gasteiger partial charge in [0, 0.05) is 21.9 Å². The zero-order chi connectivity index (χ0) is 21.2. The first-order valence-corrected chi connectivity index (χ1v) is 12.5. The number of benzene rings is 1. The molecular weight excluding hydrogens is 482 g/mol. The van der Waals surface area contributed by atoms with Crippen LogP contribution in [0.4, 0.5) is 5.69 Å². The smallest absolute Gasteiger partial charge is 0.262 e. The molecule has 1 aromatic rings. The maximum Gasteiger partial charge on any atom is 0.262 e. The molecule has 8 nitrogen and oxygen atoms in total. The molecule has 0 bridgehead atoms. The molecule has 2 saturated heterocycles. The van der Waals surface area contributed by atoms with Crippen molar-refractivity contribution in [2.75, 3.05) is 29.6 Å². The summed E-state index contributed by atoms with van der Waals surface area (Å²) in [5, 5.41) is 8.92. The molecule has 0 N–H and O–H groups in total. The lowest BCUT2D eigenvalue weighted by Crippen LogP contribution is -2.38. The molecule has 0 saturated carbocycles. The predicted octanol–water partition coefficient (Wildman–Crippen LogP) is 2.76. The van der Waals surface area contributed by atoms with Gasteiger partial charge in [0.2, 0.25) is 0 Å². The average Bonchev–Trinajstić information content (AvgIpc) is 3.09. The highest BCUT2D eigenvalue weighted by Gasteiger charge is 2.50. The normalized spacial score (nSPS) is 23.7. The van der Waals surface area contributed by atoms with E-state index in [1.165, 1.54) is 11.8 Å². The molecule has 2 heterocycles. The largest absolute Gasteiger partial charge is 0.490 e. The maximum absolute atomic E-state index is 12.2. The quantitative estimate of drug-likeness (QED) is 0.584. The SMILES string of the molecule is CCOc1cc(Br)c(N2C(=NC(=O)CC#N)S[C@H]3CS(=O)(=O)C[C@@H]32)cc1OCC. The number of sulfone groups is 1. The predicted molar refractivity (Wildman–Crippen MR) is 115 cm³/mol. The monoisotopic (exact) mass is 501 g/mol. The van der Waals surface area contributed by atoms with Crippen LogP contribution in [0.15, 0.2) is 21.6 Å². The Morgan fingerprint density at radius 1 is 1.31 bits per heavy atom. The van der Waals surface area contributed by atoms with Gasteiger partial charge in [0.25, 0.3) is 5.91 Å². The van der Waals surface area contributed by atoms with Crippen molar-refractivity contribution >= 4 is 54.3 Å². The minimum absolute atomic E-state index is 0.0251. The highest BCUT2D eigenvalue weighted by atomic mass is 79.9. The Bertz CT molecular complexity index is 990. The van der Waals surface area contributed by atoms with Gasteiger partial charge in [0.1, 0.15) is 6.42 Å². The van der Waals surface area contributed by atoms with Crippen LogP contribution in [-0.2, 0) is 14.6 Å². The molecule has 3 rings (SSSR count). The fraction of sp³-hybridized carbons (Fsp3) is 0.500. The van der Waals surface area contributed by atoms with Crippen LogP contribution in [0.5, 0.6) is 11.5 Å². The van der Waals surface area contributed by atoms with E-state index in [2.05, 4.69) is 20.9 Å². The zero-order valence-corrected chi connectivity index (χ0v) is 19.1. The second kappa shape index (κ2) is 8.93. The molecule has 0 aliphatic carbocycles. The summed E-state index contributed by atoms with van der Waals surface area (Å²) < 4.78 is 36.4. The van der Waals surface area contributed by atoms with Gasteiger partial charge in [0.15, 0.2) is 26.5 Å². The summed E-state index contributed by atoms with van der Waals surface area (Å²) in [6.07, 6.45) is -0.333. The number of thioether (sulfide) groups is 1. The number of rotatable bonds is 6. The fourth-order valence-electron chi connectivity index (χ4n) is 3.31. The zero-order valence-electron chi connectivity index (χ0n) is 15.9. The van der Waals surface area contributed by atoms with Crippen LogP contribution in [0, 0.1) is 11.3 Å². The molecule has 2 fully saturated rings. The van der Waals surface area contributed by atoms with Gasteiger partial charge >= 0.3 is 0 Å². The fourth-order valence-corrected chi connectivity index (χ4v) is 7.74. The van der Waals surface area contributed by atoms with Gasteiger partial charge in [-0.2, -0.15) is 10.3 Å². The average molecular weight is 502 g/mol. The molecule has 0 radical (unpaired) electrons. The number of ether oxygens (including phenoxy) is 2. The van der Waals surface area contributed by atoms with Crippen LogP contribution < -0.4 is 14.4 Å². The molecule has 0 spiro atoms. The number of anilines is 1. The Hall–Kier alpha value is -1.77. The van der Waals surface area contributed by atoms with Gasteiger partial charge in [-0.15, -0.1) is 0 Å². The number of nitriles is 1. The molecule has 156 valence electrons. The summed E-state index contributed by atoms with van der Waals surface area (Å²) in [6.45, 7) is 4.62. The number of aliphatic imine (C=N–C) groups is 1. The van der Waals surface area contributed by atoms with E-state index >= 15 is 0 Å². The Labute approximate surface area is 182 Å². The van der Waals surface area contributed by atoms with E-state index in [9.17, 15) is 13.2 Å². The van der Waals surface area contributed by atoms with Crippen molar-refractivity contribution < 1.29 is 22.7 Å². The standard InChI is InChI=1S/C18H20BrN3O5S2/c1-3-26-14-7-11(19)12(8-15(14)27-4-2)22-13-9-29(24,25)10-16(13)28-18(22)21-17(23)5-6-20/h7-8,13,16H,3-5,9-10H2,1-2H3/t13-,16-/m0/s1. The van der Waals surface area contributed by atoms with E-state index in [0.29, 0.717) is 40.0 Å². The number of carbonyl (C=O) groups excluding carboxylic acids is 1. The topological polar surface area (TPSA) is 109 Å². The lowest BCUT2D eigenvalue weighted by molar-refractivity contribution is -0.116. The first kappa shape index (κ1) is 21.9. The van der Waals surface area contributed by atoms with E-state index in [1.54, 1.807) is 23.1 Å². The molecule has 11 heteroatoms. The third-order valence-electron chi connectivity index (χ3n) is 4.39. The Morgan fingerprint density at radius 3 is 2.59 bits per heavy atom. The third-order valence-corrected chi connectivity index (χ3v) is 8.23. The van der Waals surface area contributed by atoms with Crippen LogP contribution in [-0.4, -0.2) is 55.5 Å². The Balaban J connectivity index is 2.09. The van der Waals surface area contributed by atoms with E-state index < -0.39 is 15.7 Å². The van der Waals surface area contributed by atoms with Gasteiger partial charge in [-0.05, 0) is 29.8 Å². The van der Waals surface area contributed by atoms with E-state index in [0.717, 1.165) is 0 Å². The number of fused-ring (bicyclic) bond motifs is 1. The minimum Gasteiger partial charge on any atom is -0.490 e. The van der Waals surface area contributed by atoms with E-state index in [4.69, 9.17) is 14.7 Å². The third kappa shape index (κ3) is 4.70. The van der Waals surface area contributed by atoms with Crippen molar-refractivity contribution in [3.63, 3.8) is 0 Å². The van der Waals surface area contributed by atoms with Crippen LogP contribution in [0.25, 0.3) is 0 Å². The Kier molecular flexibility index (Phi) is 6.76. The molecule has 2 aliphatic rings. The molecule has 1 aromatic carbocycles. The summed E-state index contributed by atoms with van der Waals surface area (Å²) in [5.74, 6) is 0.516. The number of hydrogen-bond donors (Lipinski definition) is 0. The van der Waals surface area contributed by atoms with Gasteiger partial charge < -0.3 is 14.4 Å². The van der Waals surface area contributed by atoms with Gasteiger partial charge in [-0.1, -0.05) is 11.8 Å². The van der Waals surface area contributed by atoms with Crippen LogP contribution >= 0.6 is 27.7 Å². The highest BCUT2D eigenvalue weighted by Crippen LogP contribution is 2.46. The lowest BCUT2D eigenvalue weighted by Gasteiger charge is -2.26. The number of carbonyl (C=O) groups is 1. The summed E-state index contributed by atoms with van der Waals surface area (Å²) in [4.78, 5) is 17.8.